The number of carboxylic acids is 1. The molecular weight excluding hydrogens is 328 g/mol. The van der Waals surface area contributed by atoms with Crippen molar-refractivity contribution in [2.75, 3.05) is 7.11 Å². The molecule has 2 aromatic carbocycles. The van der Waals surface area contributed by atoms with Crippen LogP contribution in [0.25, 0.3) is 0 Å². The molecule has 0 bridgehead atoms. The van der Waals surface area contributed by atoms with Crippen LogP contribution in [0.15, 0.2) is 60.7 Å². The van der Waals surface area contributed by atoms with Crippen LogP contribution in [-0.4, -0.2) is 24.2 Å². The van der Waals surface area contributed by atoms with Gasteiger partial charge in [0, 0.05) is 24.0 Å². The first-order chi connectivity index (χ1) is 12.6. The largest absolute Gasteiger partial charge is 0.480 e. The van der Waals surface area contributed by atoms with Crippen LogP contribution >= 0.6 is 0 Å². The van der Waals surface area contributed by atoms with Crippen LogP contribution in [0.2, 0.25) is 0 Å². The summed E-state index contributed by atoms with van der Waals surface area (Å²) in [5.41, 5.74) is -0.336. The van der Waals surface area contributed by atoms with Crippen molar-refractivity contribution >= 4 is 11.9 Å². The molecule has 1 N–H and O–H groups in total. The van der Waals surface area contributed by atoms with E-state index in [2.05, 4.69) is 23.7 Å². The zero-order valence-electron chi connectivity index (χ0n) is 14.4. The highest BCUT2D eigenvalue weighted by molar-refractivity contribution is 5.99. The highest BCUT2D eigenvalue weighted by atomic mass is 16.5. The molecule has 0 amide bonds. The van der Waals surface area contributed by atoms with Gasteiger partial charge in [0.25, 0.3) is 0 Å². The number of rotatable bonds is 4. The van der Waals surface area contributed by atoms with E-state index in [0.717, 1.165) is 18.2 Å². The minimum atomic E-state index is -1.82. The van der Waals surface area contributed by atoms with E-state index < -0.39 is 17.4 Å². The number of esters is 1. The van der Waals surface area contributed by atoms with Gasteiger partial charge in [-0.15, -0.1) is 0 Å². The van der Waals surface area contributed by atoms with Crippen molar-refractivity contribution in [1.29, 1.82) is 0 Å². The fourth-order valence-corrected chi connectivity index (χ4v) is 2.28. The van der Waals surface area contributed by atoms with Gasteiger partial charge in [-0.3, -0.25) is 9.59 Å². The average Bonchev–Trinajstić information content (AvgIpc) is 2.67. The number of carbonyl (C=O) groups excluding carboxylic acids is 1. The summed E-state index contributed by atoms with van der Waals surface area (Å²) in [5.74, 6) is 9.17. The number of aliphatic carboxylic acids is 1. The quantitative estimate of drug-likeness (QED) is 0.525. The van der Waals surface area contributed by atoms with Crippen LogP contribution in [0.1, 0.15) is 24.0 Å². The normalized spacial score (nSPS) is 9.88. The van der Waals surface area contributed by atoms with Gasteiger partial charge in [-0.1, -0.05) is 60.1 Å². The van der Waals surface area contributed by atoms with Crippen LogP contribution in [0.5, 0.6) is 0 Å². The lowest BCUT2D eigenvalue weighted by molar-refractivity contribution is -0.166. The molecule has 130 valence electrons. The van der Waals surface area contributed by atoms with Gasteiger partial charge in [0.15, 0.2) is 5.41 Å². The second-order valence-corrected chi connectivity index (χ2v) is 5.57. The molecule has 0 saturated heterocycles. The van der Waals surface area contributed by atoms with Gasteiger partial charge in [-0.05, 0) is 24.3 Å². The smallest absolute Gasteiger partial charge is 0.325 e. The van der Waals surface area contributed by atoms with Gasteiger partial charge < -0.3 is 9.84 Å². The van der Waals surface area contributed by atoms with Crippen molar-refractivity contribution in [3.05, 3.63) is 71.8 Å². The predicted octanol–water partition coefficient (Wildman–Crippen LogP) is 3.11. The third-order valence-corrected chi connectivity index (χ3v) is 3.78. The van der Waals surface area contributed by atoms with E-state index in [4.69, 9.17) is 4.74 Å². The maximum absolute atomic E-state index is 12.2. The number of carboxylic acid groups (broad SMARTS) is 1. The monoisotopic (exact) mass is 346 g/mol. The van der Waals surface area contributed by atoms with E-state index in [1.54, 1.807) is 0 Å². The first kappa shape index (κ1) is 18.8. The lowest BCUT2D eigenvalue weighted by Gasteiger charge is -2.21. The molecule has 0 spiro atoms. The van der Waals surface area contributed by atoms with Gasteiger partial charge in [0.1, 0.15) is 0 Å². The van der Waals surface area contributed by atoms with Crippen LogP contribution in [0, 0.1) is 29.1 Å². The third kappa shape index (κ3) is 4.75. The molecule has 0 radical (unpaired) electrons. The van der Waals surface area contributed by atoms with Gasteiger partial charge in [0.05, 0.1) is 7.11 Å². The molecule has 0 aliphatic heterocycles. The summed E-state index contributed by atoms with van der Waals surface area (Å²) in [6, 6.07) is 18.3. The molecule has 0 aromatic heterocycles. The minimum Gasteiger partial charge on any atom is -0.480 e. The van der Waals surface area contributed by atoms with Gasteiger partial charge in [-0.25, -0.2) is 0 Å². The second-order valence-electron chi connectivity index (χ2n) is 5.57. The fourth-order valence-electron chi connectivity index (χ4n) is 2.28. The maximum Gasteiger partial charge on any atom is 0.325 e. The zero-order valence-corrected chi connectivity index (χ0v) is 14.4. The Morgan fingerprint density at radius 2 is 1.31 bits per heavy atom. The van der Waals surface area contributed by atoms with Gasteiger partial charge >= 0.3 is 11.9 Å². The molecule has 0 aliphatic carbocycles. The second kappa shape index (κ2) is 9.11. The van der Waals surface area contributed by atoms with Crippen molar-refractivity contribution in [1.82, 2.24) is 0 Å². The topological polar surface area (TPSA) is 63.6 Å². The van der Waals surface area contributed by atoms with E-state index in [1.165, 1.54) is 0 Å². The summed E-state index contributed by atoms with van der Waals surface area (Å²) in [7, 11) is 1.16. The Balaban J connectivity index is 2.27. The first-order valence-electron chi connectivity index (χ1n) is 7.98. The third-order valence-electron chi connectivity index (χ3n) is 3.78. The Labute approximate surface area is 152 Å². The summed E-state index contributed by atoms with van der Waals surface area (Å²) in [6.07, 6.45) is -0.374. The number of hydrogen-bond donors (Lipinski definition) is 1. The molecule has 0 heterocycles. The van der Waals surface area contributed by atoms with Crippen LogP contribution < -0.4 is 0 Å². The van der Waals surface area contributed by atoms with Gasteiger partial charge in [0.2, 0.25) is 0 Å². The molecule has 0 saturated carbocycles. The number of ether oxygens (including phenoxy) is 1. The number of carbonyl (C=O) groups is 2. The van der Waals surface area contributed by atoms with E-state index in [-0.39, 0.29) is 12.8 Å². The molecule has 0 unspecified atom stereocenters. The molecule has 26 heavy (non-hydrogen) atoms. The Morgan fingerprint density at radius 1 is 0.885 bits per heavy atom. The summed E-state index contributed by atoms with van der Waals surface area (Å²) >= 11 is 0. The fraction of sp³-hybridized carbons (Fsp3) is 0.182. The SMILES string of the molecule is COC(=O)C(CC#Cc1ccccc1)(CC#Cc1ccccc1)C(=O)O. The summed E-state index contributed by atoms with van der Waals surface area (Å²) in [5, 5.41) is 9.68. The van der Waals surface area contributed by atoms with Crippen molar-refractivity contribution in [3.63, 3.8) is 0 Å². The van der Waals surface area contributed by atoms with E-state index in [1.807, 2.05) is 60.7 Å². The number of benzene rings is 2. The van der Waals surface area contributed by atoms with Crippen molar-refractivity contribution < 1.29 is 19.4 Å². The molecule has 4 heteroatoms. The number of methoxy groups -OCH3 is 1. The van der Waals surface area contributed by atoms with Gasteiger partial charge in [-0.2, -0.15) is 0 Å². The Bertz CT molecular complexity index is 818. The van der Waals surface area contributed by atoms with Crippen LogP contribution in [-0.2, 0) is 14.3 Å². The van der Waals surface area contributed by atoms with Crippen molar-refractivity contribution in [3.8, 4) is 23.7 Å². The molecule has 0 atom stereocenters. The standard InChI is InChI=1S/C22H18O4/c1-26-21(25)22(20(23)24,16-8-14-18-10-4-2-5-11-18)17-9-15-19-12-6-3-7-13-19/h2-7,10-13H,16-17H2,1H3,(H,23,24). The molecule has 2 aromatic rings. The lowest BCUT2D eigenvalue weighted by Crippen LogP contribution is -2.39. The maximum atomic E-state index is 12.2. The molecular formula is C22H18O4. The molecule has 0 fully saturated rings. The Kier molecular flexibility index (Phi) is 6.60. The lowest BCUT2D eigenvalue weighted by atomic mass is 9.81. The van der Waals surface area contributed by atoms with E-state index in [0.29, 0.717) is 0 Å². The summed E-state index contributed by atoms with van der Waals surface area (Å²) < 4.78 is 4.73. The van der Waals surface area contributed by atoms with Crippen molar-refractivity contribution in [2.24, 2.45) is 5.41 Å². The molecule has 0 aliphatic rings. The van der Waals surface area contributed by atoms with Crippen LogP contribution in [0.3, 0.4) is 0 Å². The Hall–Kier alpha value is -3.50. The molecule has 2 rings (SSSR count). The van der Waals surface area contributed by atoms with Crippen molar-refractivity contribution in [2.45, 2.75) is 12.8 Å². The summed E-state index contributed by atoms with van der Waals surface area (Å²) in [4.78, 5) is 24.1. The predicted molar refractivity (Wildman–Crippen MR) is 98.0 cm³/mol. The molecule has 4 nitrogen and oxygen atoms in total. The highest BCUT2D eigenvalue weighted by Crippen LogP contribution is 2.28. The van der Waals surface area contributed by atoms with E-state index in [9.17, 15) is 14.7 Å². The Morgan fingerprint density at radius 3 is 1.65 bits per heavy atom. The minimum absolute atomic E-state index is 0.187. The van der Waals surface area contributed by atoms with E-state index >= 15 is 0 Å². The highest BCUT2D eigenvalue weighted by Gasteiger charge is 2.46. The first-order valence-corrected chi connectivity index (χ1v) is 7.98. The van der Waals surface area contributed by atoms with Crippen LogP contribution in [0.4, 0.5) is 0 Å². The summed E-state index contributed by atoms with van der Waals surface area (Å²) in [6.45, 7) is 0. The zero-order chi connectivity index (χ0) is 18.8. The average molecular weight is 346 g/mol. The number of hydrogen-bond acceptors (Lipinski definition) is 3.